The smallest absolute Gasteiger partial charge is 0.258 e. The van der Waals surface area contributed by atoms with Gasteiger partial charge in [0.1, 0.15) is 38.7 Å². The number of nitrogens with zero attached hydrogens (tertiary/aromatic N) is 2. The molecule has 0 saturated heterocycles. The molecule has 2 aromatic carbocycles. The van der Waals surface area contributed by atoms with Gasteiger partial charge in [0.2, 0.25) is 6.04 Å². The zero-order chi connectivity index (χ0) is 24.5. The van der Waals surface area contributed by atoms with E-state index >= 15 is 0 Å². The van der Waals surface area contributed by atoms with E-state index in [0.717, 1.165) is 0 Å². The first-order chi connectivity index (χ1) is 15.8. The van der Waals surface area contributed by atoms with Crippen LogP contribution in [0.2, 0.25) is 10.0 Å². The number of azo groups is 1. The number of halogens is 2. The highest BCUT2D eigenvalue weighted by atomic mass is 35.5. The van der Waals surface area contributed by atoms with Crippen molar-refractivity contribution < 1.29 is 28.5 Å². The Morgan fingerprint density at radius 2 is 1.61 bits per heavy atom. The summed E-state index contributed by atoms with van der Waals surface area (Å²) < 4.78 is 21.4. The van der Waals surface area contributed by atoms with Crippen LogP contribution in [0.15, 0.2) is 34.5 Å². The molecule has 33 heavy (non-hydrogen) atoms. The van der Waals surface area contributed by atoms with Crippen molar-refractivity contribution in [2.24, 2.45) is 10.2 Å². The van der Waals surface area contributed by atoms with Crippen molar-refractivity contribution in [2.75, 3.05) is 32.8 Å². The van der Waals surface area contributed by atoms with Crippen LogP contribution in [0, 0.1) is 0 Å². The highest BCUT2D eigenvalue weighted by Crippen LogP contribution is 2.42. The Morgan fingerprint density at radius 3 is 2.18 bits per heavy atom. The molecule has 9 nitrogen and oxygen atoms in total. The van der Waals surface area contributed by atoms with Crippen LogP contribution in [0.3, 0.4) is 0 Å². The molecule has 2 aromatic rings. The molecule has 11 heteroatoms. The summed E-state index contributed by atoms with van der Waals surface area (Å²) >= 11 is 12.7. The van der Waals surface area contributed by atoms with Crippen molar-refractivity contribution in [3.8, 4) is 23.0 Å². The quantitative estimate of drug-likeness (QED) is 0.324. The van der Waals surface area contributed by atoms with Gasteiger partial charge in [-0.15, -0.1) is 5.11 Å². The molecule has 0 heterocycles. The van der Waals surface area contributed by atoms with E-state index in [4.69, 9.17) is 42.1 Å². The van der Waals surface area contributed by atoms with Crippen molar-refractivity contribution >= 4 is 46.3 Å². The van der Waals surface area contributed by atoms with Crippen LogP contribution in [-0.4, -0.2) is 45.2 Å². The molecule has 1 atom stereocenters. The SMILES string of the molecule is CCOc1ccc(OCC)c(N=NC(C(C)=O)C(=O)Nc2cc(OC)cc(OC)c2Cl)c1Cl. The lowest BCUT2D eigenvalue weighted by molar-refractivity contribution is -0.126. The molecule has 0 bridgehead atoms. The average Bonchev–Trinajstić information content (AvgIpc) is 2.78. The molecule has 0 aliphatic rings. The number of hydrogen-bond donors (Lipinski definition) is 1. The number of rotatable bonds is 11. The Bertz CT molecular complexity index is 1050. The molecule has 1 amide bonds. The van der Waals surface area contributed by atoms with Gasteiger partial charge in [-0.2, -0.15) is 5.11 Å². The lowest BCUT2D eigenvalue weighted by atomic mass is 10.2. The molecule has 0 aliphatic heterocycles. The lowest BCUT2D eigenvalue weighted by Gasteiger charge is -2.15. The van der Waals surface area contributed by atoms with Crippen molar-refractivity contribution in [1.82, 2.24) is 0 Å². The fraction of sp³-hybridized carbons (Fsp3) is 0.364. The predicted molar refractivity (Wildman–Crippen MR) is 126 cm³/mol. The summed E-state index contributed by atoms with van der Waals surface area (Å²) in [5.41, 5.74) is 0.329. The number of anilines is 1. The van der Waals surface area contributed by atoms with E-state index < -0.39 is 17.7 Å². The van der Waals surface area contributed by atoms with Gasteiger partial charge in [0.25, 0.3) is 5.91 Å². The number of Topliss-reactive ketones (excluding diaryl/α,β-unsaturated/α-hetero) is 1. The number of ketones is 1. The largest absolute Gasteiger partial charge is 0.497 e. The van der Waals surface area contributed by atoms with E-state index in [2.05, 4.69) is 15.5 Å². The minimum Gasteiger partial charge on any atom is -0.497 e. The number of ether oxygens (including phenoxy) is 4. The third-order valence-electron chi connectivity index (χ3n) is 4.28. The lowest BCUT2D eigenvalue weighted by Crippen LogP contribution is -2.32. The van der Waals surface area contributed by atoms with Crippen LogP contribution in [0.25, 0.3) is 0 Å². The Labute approximate surface area is 202 Å². The second-order valence-electron chi connectivity index (χ2n) is 6.50. The van der Waals surface area contributed by atoms with E-state index in [1.807, 2.05) is 6.92 Å². The van der Waals surface area contributed by atoms with E-state index in [-0.39, 0.29) is 27.2 Å². The standard InChI is InChI=1S/C22H25Cl2N3O6/c1-6-32-15-8-9-16(33-7-2)21(19(15)24)27-26-20(12(3)28)22(29)25-14-10-13(30-4)11-17(31-5)18(14)23/h8-11,20H,6-7H2,1-5H3,(H,25,29). The van der Waals surface area contributed by atoms with Gasteiger partial charge < -0.3 is 24.3 Å². The zero-order valence-corrected chi connectivity index (χ0v) is 20.4. The molecule has 0 aromatic heterocycles. The van der Waals surface area contributed by atoms with E-state index in [1.165, 1.54) is 27.2 Å². The molecule has 0 saturated carbocycles. The van der Waals surface area contributed by atoms with Crippen molar-refractivity contribution in [3.05, 3.63) is 34.3 Å². The monoisotopic (exact) mass is 497 g/mol. The van der Waals surface area contributed by atoms with Crippen molar-refractivity contribution in [1.29, 1.82) is 0 Å². The van der Waals surface area contributed by atoms with E-state index in [0.29, 0.717) is 30.5 Å². The first-order valence-corrected chi connectivity index (χ1v) is 10.7. The highest BCUT2D eigenvalue weighted by Gasteiger charge is 2.25. The molecule has 0 aliphatic carbocycles. The Morgan fingerprint density at radius 1 is 0.970 bits per heavy atom. The predicted octanol–water partition coefficient (Wildman–Crippen LogP) is 5.49. The topological polar surface area (TPSA) is 108 Å². The maximum Gasteiger partial charge on any atom is 0.258 e. The Kier molecular flexibility index (Phi) is 9.74. The third kappa shape index (κ3) is 6.49. The van der Waals surface area contributed by atoms with Gasteiger partial charge in [0.05, 0.1) is 33.1 Å². The molecule has 0 fully saturated rings. The second-order valence-corrected chi connectivity index (χ2v) is 7.26. The van der Waals surface area contributed by atoms with Gasteiger partial charge in [-0.1, -0.05) is 23.2 Å². The molecule has 0 spiro atoms. The second kappa shape index (κ2) is 12.3. The maximum atomic E-state index is 12.9. The minimum atomic E-state index is -1.47. The number of hydrogen-bond acceptors (Lipinski definition) is 8. The van der Waals surface area contributed by atoms with Crippen LogP contribution in [0.4, 0.5) is 11.4 Å². The third-order valence-corrected chi connectivity index (χ3v) is 5.03. The molecular weight excluding hydrogens is 473 g/mol. The molecule has 2 rings (SSSR count). The van der Waals surface area contributed by atoms with Gasteiger partial charge in [0, 0.05) is 12.1 Å². The first-order valence-electron chi connectivity index (χ1n) is 9.99. The summed E-state index contributed by atoms with van der Waals surface area (Å²) in [6.07, 6.45) is 0. The fourth-order valence-corrected chi connectivity index (χ4v) is 3.21. The normalized spacial score (nSPS) is 11.7. The van der Waals surface area contributed by atoms with E-state index in [1.54, 1.807) is 25.1 Å². The fourth-order valence-electron chi connectivity index (χ4n) is 2.73. The van der Waals surface area contributed by atoms with Crippen LogP contribution < -0.4 is 24.3 Å². The molecular formula is C22H25Cl2N3O6. The summed E-state index contributed by atoms with van der Waals surface area (Å²) in [6.45, 7) is 5.55. The highest BCUT2D eigenvalue weighted by molar-refractivity contribution is 6.35. The van der Waals surface area contributed by atoms with Gasteiger partial charge in [-0.25, -0.2) is 0 Å². The van der Waals surface area contributed by atoms with Gasteiger partial charge >= 0.3 is 0 Å². The van der Waals surface area contributed by atoms with Gasteiger partial charge in [-0.3, -0.25) is 9.59 Å². The molecule has 0 radical (unpaired) electrons. The van der Waals surface area contributed by atoms with E-state index in [9.17, 15) is 9.59 Å². The van der Waals surface area contributed by atoms with Crippen molar-refractivity contribution in [3.63, 3.8) is 0 Å². The first kappa shape index (κ1) is 26.2. The number of amides is 1. The summed E-state index contributed by atoms with van der Waals surface area (Å²) in [7, 11) is 2.88. The number of nitrogens with one attached hydrogen (secondary N) is 1. The summed E-state index contributed by atoms with van der Waals surface area (Å²) in [5.74, 6) is 0.0889. The Balaban J connectivity index is 2.40. The number of benzene rings is 2. The van der Waals surface area contributed by atoms with Crippen LogP contribution in [-0.2, 0) is 9.59 Å². The number of carbonyl (C=O) groups is 2. The number of carbonyl (C=O) groups excluding carboxylic acids is 2. The zero-order valence-electron chi connectivity index (χ0n) is 18.9. The van der Waals surface area contributed by atoms with Crippen LogP contribution in [0.5, 0.6) is 23.0 Å². The summed E-state index contributed by atoms with van der Waals surface area (Å²) in [4.78, 5) is 25.1. The number of methoxy groups -OCH3 is 2. The summed E-state index contributed by atoms with van der Waals surface area (Å²) in [6, 6.07) is 4.85. The van der Waals surface area contributed by atoms with Crippen LogP contribution >= 0.6 is 23.2 Å². The molecule has 178 valence electrons. The molecule has 1 unspecified atom stereocenters. The minimum absolute atomic E-state index is 0.136. The molecule has 1 N–H and O–H groups in total. The Hall–Kier alpha value is -3.04. The average molecular weight is 498 g/mol. The van der Waals surface area contributed by atoms with Gasteiger partial charge in [-0.05, 0) is 32.9 Å². The van der Waals surface area contributed by atoms with Gasteiger partial charge in [0.15, 0.2) is 5.78 Å². The van der Waals surface area contributed by atoms with Crippen LogP contribution in [0.1, 0.15) is 20.8 Å². The van der Waals surface area contributed by atoms with Crippen molar-refractivity contribution in [2.45, 2.75) is 26.8 Å². The maximum absolute atomic E-state index is 12.9. The summed E-state index contributed by atoms with van der Waals surface area (Å²) in [5, 5.41) is 10.9.